The Morgan fingerprint density at radius 1 is 1.06 bits per heavy atom. The Balaban J connectivity index is 1.34. The van der Waals surface area contributed by atoms with E-state index in [2.05, 4.69) is 36.9 Å². The van der Waals surface area contributed by atoms with Crippen LogP contribution in [0.15, 0.2) is 78.6 Å². The van der Waals surface area contributed by atoms with Crippen molar-refractivity contribution in [2.75, 3.05) is 36.0 Å². The van der Waals surface area contributed by atoms with E-state index in [1.54, 1.807) is 36.4 Å². The molecule has 0 aliphatic carbocycles. The zero-order valence-corrected chi connectivity index (χ0v) is 20.4. The third kappa shape index (κ3) is 4.82. The average molecular weight is 486 g/mol. The highest BCUT2D eigenvalue weighted by atomic mass is 19.1. The van der Waals surface area contributed by atoms with Crippen LogP contribution in [0.3, 0.4) is 0 Å². The second-order valence-electron chi connectivity index (χ2n) is 9.25. The molecule has 0 bridgehead atoms. The molecular weight excluding hydrogens is 457 g/mol. The molecule has 1 saturated heterocycles. The minimum atomic E-state index is -0.433. The van der Waals surface area contributed by atoms with Crippen molar-refractivity contribution < 1.29 is 18.7 Å². The number of benzene rings is 3. The summed E-state index contributed by atoms with van der Waals surface area (Å²) in [5, 5.41) is 0. The van der Waals surface area contributed by atoms with Gasteiger partial charge in [0.2, 0.25) is 5.91 Å². The number of halogens is 1. The number of carbonyl (C=O) groups excluding carboxylic acids is 2. The van der Waals surface area contributed by atoms with Gasteiger partial charge in [-0.05, 0) is 67.4 Å². The van der Waals surface area contributed by atoms with Crippen molar-refractivity contribution in [3.05, 3.63) is 95.5 Å². The quantitative estimate of drug-likeness (QED) is 0.506. The lowest BCUT2D eigenvalue weighted by Crippen LogP contribution is -2.56. The number of amides is 2. The third-order valence-corrected chi connectivity index (χ3v) is 6.59. The molecule has 5 rings (SSSR count). The van der Waals surface area contributed by atoms with Crippen molar-refractivity contribution in [3.63, 3.8) is 0 Å². The molecule has 0 spiro atoms. The van der Waals surface area contributed by atoms with Crippen LogP contribution in [0.2, 0.25) is 0 Å². The highest BCUT2D eigenvalue weighted by Crippen LogP contribution is 2.35. The summed E-state index contributed by atoms with van der Waals surface area (Å²) in [6, 6.07) is 21.6. The number of rotatable bonds is 4. The number of fused-ring (bicyclic) bond motifs is 1. The van der Waals surface area contributed by atoms with E-state index in [0.29, 0.717) is 36.6 Å². The Morgan fingerprint density at radius 2 is 1.86 bits per heavy atom. The van der Waals surface area contributed by atoms with Crippen molar-refractivity contribution in [1.29, 1.82) is 0 Å². The maximum atomic E-state index is 13.7. The number of para-hydroxylation sites is 2. The molecular formula is C29H28FN3O3. The van der Waals surface area contributed by atoms with Gasteiger partial charge in [0.25, 0.3) is 5.91 Å². The van der Waals surface area contributed by atoms with Gasteiger partial charge in [0, 0.05) is 31.4 Å². The standard InChI is InChI=1S/C29H28FN3O3/c1-20-7-5-10-24(15-20)32-14-13-31(18-21(32)2)28(34)19-33-25-11-3-4-12-26(25)36-27(29(33)35)17-22-8-6-9-23(30)16-22/h3-12,15-17,21H,13-14,18-19H2,1-2H3/b27-17+/t21-/m0/s1. The van der Waals surface area contributed by atoms with Crippen LogP contribution in [0, 0.1) is 12.7 Å². The molecule has 0 aromatic heterocycles. The molecule has 2 aliphatic heterocycles. The summed E-state index contributed by atoms with van der Waals surface area (Å²) in [5.74, 6) is -0.437. The number of anilines is 2. The Morgan fingerprint density at radius 3 is 2.64 bits per heavy atom. The number of aryl methyl sites for hydroxylation is 1. The van der Waals surface area contributed by atoms with Gasteiger partial charge in [0.15, 0.2) is 11.5 Å². The number of nitrogens with zero attached hydrogens (tertiary/aromatic N) is 3. The highest BCUT2D eigenvalue weighted by molar-refractivity contribution is 6.12. The molecule has 36 heavy (non-hydrogen) atoms. The van der Waals surface area contributed by atoms with E-state index in [1.165, 1.54) is 28.7 Å². The van der Waals surface area contributed by atoms with Gasteiger partial charge in [-0.25, -0.2) is 4.39 Å². The smallest absolute Gasteiger partial charge is 0.294 e. The minimum Gasteiger partial charge on any atom is -0.449 e. The van der Waals surface area contributed by atoms with Crippen LogP contribution in [0.25, 0.3) is 6.08 Å². The highest BCUT2D eigenvalue weighted by Gasteiger charge is 2.34. The van der Waals surface area contributed by atoms with Crippen LogP contribution in [-0.4, -0.2) is 48.9 Å². The Bertz CT molecular complexity index is 1340. The van der Waals surface area contributed by atoms with Crippen LogP contribution < -0.4 is 14.5 Å². The van der Waals surface area contributed by atoms with E-state index in [9.17, 15) is 14.0 Å². The molecule has 0 radical (unpaired) electrons. The normalized spacial score (nSPS) is 18.8. The molecule has 0 N–H and O–H groups in total. The predicted octanol–water partition coefficient (Wildman–Crippen LogP) is 4.64. The minimum absolute atomic E-state index is 0.0461. The lowest BCUT2D eigenvalue weighted by Gasteiger charge is -2.42. The lowest BCUT2D eigenvalue weighted by atomic mass is 10.1. The van der Waals surface area contributed by atoms with Crippen molar-refractivity contribution >= 4 is 29.3 Å². The number of ether oxygens (including phenoxy) is 1. The molecule has 0 saturated carbocycles. The third-order valence-electron chi connectivity index (χ3n) is 6.59. The summed E-state index contributed by atoms with van der Waals surface area (Å²) >= 11 is 0. The van der Waals surface area contributed by atoms with Gasteiger partial charge in [-0.15, -0.1) is 0 Å². The molecule has 1 atom stereocenters. The van der Waals surface area contributed by atoms with Gasteiger partial charge in [-0.2, -0.15) is 0 Å². The number of hydrogen-bond acceptors (Lipinski definition) is 4. The van der Waals surface area contributed by atoms with Gasteiger partial charge in [-0.3, -0.25) is 14.5 Å². The first-order valence-electron chi connectivity index (χ1n) is 12.1. The molecule has 0 unspecified atom stereocenters. The van der Waals surface area contributed by atoms with E-state index >= 15 is 0 Å². The van der Waals surface area contributed by atoms with Crippen LogP contribution in [-0.2, 0) is 9.59 Å². The van der Waals surface area contributed by atoms with Crippen LogP contribution in [0.5, 0.6) is 5.75 Å². The molecule has 2 amide bonds. The lowest BCUT2D eigenvalue weighted by molar-refractivity contribution is -0.132. The molecule has 3 aromatic rings. The van der Waals surface area contributed by atoms with Crippen molar-refractivity contribution in [3.8, 4) is 5.75 Å². The fourth-order valence-electron chi connectivity index (χ4n) is 4.78. The molecule has 7 heteroatoms. The van der Waals surface area contributed by atoms with Crippen LogP contribution in [0.1, 0.15) is 18.1 Å². The SMILES string of the molecule is Cc1cccc(N2CCN(C(=O)CN3C(=O)/C(=C\c4cccc(F)c4)Oc4ccccc43)C[C@@H]2C)c1. The van der Waals surface area contributed by atoms with Gasteiger partial charge in [0.1, 0.15) is 12.4 Å². The van der Waals surface area contributed by atoms with Crippen LogP contribution >= 0.6 is 0 Å². The monoisotopic (exact) mass is 485 g/mol. The van der Waals surface area contributed by atoms with Crippen LogP contribution in [0.4, 0.5) is 15.8 Å². The van der Waals surface area contributed by atoms with Gasteiger partial charge >= 0.3 is 0 Å². The van der Waals surface area contributed by atoms with Crippen molar-refractivity contribution in [2.45, 2.75) is 19.9 Å². The molecule has 3 aromatic carbocycles. The number of carbonyl (C=O) groups is 2. The largest absolute Gasteiger partial charge is 0.449 e. The van der Waals surface area contributed by atoms with Gasteiger partial charge in [0.05, 0.1) is 5.69 Å². The zero-order valence-electron chi connectivity index (χ0n) is 20.4. The fraction of sp³-hybridized carbons (Fsp3) is 0.241. The van der Waals surface area contributed by atoms with E-state index in [-0.39, 0.29) is 24.3 Å². The molecule has 1 fully saturated rings. The summed E-state index contributed by atoms with van der Waals surface area (Å²) in [6.07, 6.45) is 1.50. The number of hydrogen-bond donors (Lipinski definition) is 0. The van der Waals surface area contributed by atoms with E-state index in [0.717, 1.165) is 5.69 Å². The predicted molar refractivity (Wildman–Crippen MR) is 138 cm³/mol. The van der Waals surface area contributed by atoms with Gasteiger partial charge < -0.3 is 14.5 Å². The molecule has 6 nitrogen and oxygen atoms in total. The summed E-state index contributed by atoms with van der Waals surface area (Å²) in [5.41, 5.74) is 3.40. The molecule has 184 valence electrons. The average Bonchev–Trinajstić information content (AvgIpc) is 2.86. The van der Waals surface area contributed by atoms with E-state index in [4.69, 9.17) is 4.74 Å². The van der Waals surface area contributed by atoms with E-state index < -0.39 is 11.7 Å². The maximum Gasteiger partial charge on any atom is 0.294 e. The van der Waals surface area contributed by atoms with E-state index in [1.807, 2.05) is 11.0 Å². The summed E-state index contributed by atoms with van der Waals surface area (Å²) in [6.45, 7) is 5.94. The van der Waals surface area contributed by atoms with Crippen molar-refractivity contribution in [1.82, 2.24) is 4.90 Å². The van der Waals surface area contributed by atoms with Crippen molar-refractivity contribution in [2.24, 2.45) is 0 Å². The zero-order chi connectivity index (χ0) is 25.2. The first-order valence-corrected chi connectivity index (χ1v) is 12.1. The Kier molecular flexibility index (Phi) is 6.46. The first kappa shape index (κ1) is 23.6. The summed E-state index contributed by atoms with van der Waals surface area (Å²) < 4.78 is 19.5. The topological polar surface area (TPSA) is 53.1 Å². The fourth-order valence-corrected chi connectivity index (χ4v) is 4.78. The first-order chi connectivity index (χ1) is 17.4. The second-order valence-corrected chi connectivity index (χ2v) is 9.25. The second kappa shape index (κ2) is 9.85. The maximum absolute atomic E-state index is 13.7. The molecule has 2 heterocycles. The number of piperazine rings is 1. The van der Waals surface area contributed by atoms with Gasteiger partial charge in [-0.1, -0.05) is 36.4 Å². The summed E-state index contributed by atoms with van der Waals surface area (Å²) in [4.78, 5) is 32.3. The Labute approximate surface area is 210 Å². The Hall–Kier alpha value is -4.13. The summed E-state index contributed by atoms with van der Waals surface area (Å²) in [7, 11) is 0. The molecule has 2 aliphatic rings.